The summed E-state index contributed by atoms with van der Waals surface area (Å²) in [5.41, 5.74) is -1.50. The summed E-state index contributed by atoms with van der Waals surface area (Å²) < 4.78 is 43.0. The van der Waals surface area contributed by atoms with Crippen molar-refractivity contribution in [3.8, 4) is 0 Å². The molecule has 8 heteroatoms. The fraction of sp³-hybridized carbons (Fsp3) is 0.538. The Morgan fingerprint density at radius 2 is 2.19 bits per heavy atom. The van der Waals surface area contributed by atoms with Crippen LogP contribution in [0.15, 0.2) is 18.2 Å². The lowest BCUT2D eigenvalue weighted by Crippen LogP contribution is -2.24. The molecule has 1 aromatic rings. The smallest absolute Gasteiger partial charge is 0.381 e. The zero-order valence-electron chi connectivity index (χ0n) is 11.2. The summed E-state index contributed by atoms with van der Waals surface area (Å²) in [6.45, 7) is 1.70. The number of benzene rings is 1. The third-order valence-corrected chi connectivity index (χ3v) is 3.36. The predicted octanol–water partition coefficient (Wildman–Crippen LogP) is 3.45. The van der Waals surface area contributed by atoms with Gasteiger partial charge in [-0.05, 0) is 30.9 Å². The molecule has 1 aromatic carbocycles. The maximum Gasteiger partial charge on any atom is 0.416 e. The van der Waals surface area contributed by atoms with Crippen molar-refractivity contribution in [2.75, 3.05) is 25.1 Å². The Kier molecular flexibility index (Phi) is 4.66. The van der Waals surface area contributed by atoms with Gasteiger partial charge in [0, 0.05) is 19.2 Å². The maximum absolute atomic E-state index is 12.6. The second kappa shape index (κ2) is 6.30. The quantitative estimate of drug-likeness (QED) is 0.683. The van der Waals surface area contributed by atoms with Gasteiger partial charge in [0.15, 0.2) is 0 Å². The molecule has 1 heterocycles. The van der Waals surface area contributed by atoms with E-state index in [2.05, 4.69) is 5.32 Å². The molecule has 1 N–H and O–H groups in total. The first kappa shape index (κ1) is 15.6. The van der Waals surface area contributed by atoms with Gasteiger partial charge in [0.05, 0.1) is 17.1 Å². The third kappa shape index (κ3) is 4.07. The number of nitrogens with zero attached hydrogens (tertiary/aromatic N) is 1. The molecule has 116 valence electrons. The van der Waals surface area contributed by atoms with Crippen LogP contribution in [0.3, 0.4) is 0 Å². The highest BCUT2D eigenvalue weighted by atomic mass is 19.4. The summed E-state index contributed by atoms with van der Waals surface area (Å²) in [5, 5.41) is 13.8. The number of anilines is 1. The van der Waals surface area contributed by atoms with E-state index < -0.39 is 22.4 Å². The second-order valence-corrected chi connectivity index (χ2v) is 4.95. The van der Waals surface area contributed by atoms with Gasteiger partial charge < -0.3 is 10.1 Å². The van der Waals surface area contributed by atoms with Crippen molar-refractivity contribution in [2.45, 2.75) is 19.0 Å². The van der Waals surface area contributed by atoms with Crippen LogP contribution in [0.1, 0.15) is 18.4 Å². The van der Waals surface area contributed by atoms with Crippen LogP contribution in [-0.4, -0.2) is 24.7 Å². The largest absolute Gasteiger partial charge is 0.416 e. The van der Waals surface area contributed by atoms with Crippen LogP contribution >= 0.6 is 0 Å². The highest BCUT2D eigenvalue weighted by molar-refractivity contribution is 5.63. The van der Waals surface area contributed by atoms with Gasteiger partial charge in [-0.1, -0.05) is 0 Å². The normalized spacial score (nSPS) is 19.3. The van der Waals surface area contributed by atoms with Crippen molar-refractivity contribution >= 4 is 11.4 Å². The fourth-order valence-electron chi connectivity index (χ4n) is 2.23. The van der Waals surface area contributed by atoms with Crippen LogP contribution in [-0.2, 0) is 10.9 Å². The van der Waals surface area contributed by atoms with Crippen LogP contribution in [0.4, 0.5) is 24.5 Å². The molecule has 0 bridgehead atoms. The van der Waals surface area contributed by atoms with Crippen LogP contribution in [0, 0.1) is 16.0 Å². The predicted molar refractivity (Wildman–Crippen MR) is 70.1 cm³/mol. The van der Waals surface area contributed by atoms with Gasteiger partial charge in [0.1, 0.15) is 5.69 Å². The first-order chi connectivity index (χ1) is 9.88. The first-order valence-corrected chi connectivity index (χ1v) is 6.55. The van der Waals surface area contributed by atoms with E-state index in [1.165, 1.54) is 0 Å². The molecule has 5 nitrogen and oxygen atoms in total. The van der Waals surface area contributed by atoms with E-state index in [9.17, 15) is 23.3 Å². The molecule has 0 aliphatic carbocycles. The number of nitro groups is 1. The molecule has 1 aliphatic rings. The molecular formula is C13H15F3N2O3. The van der Waals surface area contributed by atoms with Gasteiger partial charge >= 0.3 is 6.18 Å². The first-order valence-electron chi connectivity index (χ1n) is 6.55. The van der Waals surface area contributed by atoms with E-state index in [1.54, 1.807) is 0 Å². The Bertz CT molecular complexity index is 514. The van der Waals surface area contributed by atoms with Gasteiger partial charge in [-0.25, -0.2) is 0 Å². The minimum Gasteiger partial charge on any atom is -0.381 e. The summed E-state index contributed by atoms with van der Waals surface area (Å²) in [7, 11) is 0. The zero-order chi connectivity index (χ0) is 15.5. The monoisotopic (exact) mass is 304 g/mol. The average Bonchev–Trinajstić information content (AvgIpc) is 2.45. The molecule has 2 rings (SSSR count). The summed E-state index contributed by atoms with van der Waals surface area (Å²) in [4.78, 5) is 10.1. The van der Waals surface area contributed by atoms with Gasteiger partial charge in [-0.3, -0.25) is 10.1 Å². The molecule has 1 unspecified atom stereocenters. The van der Waals surface area contributed by atoms with Crippen LogP contribution in [0.2, 0.25) is 0 Å². The van der Waals surface area contributed by atoms with Crippen molar-refractivity contribution in [3.05, 3.63) is 33.9 Å². The lowest BCUT2D eigenvalue weighted by molar-refractivity contribution is -0.384. The van der Waals surface area contributed by atoms with E-state index in [0.29, 0.717) is 25.8 Å². The summed E-state index contributed by atoms with van der Waals surface area (Å²) >= 11 is 0. The molecule has 1 aliphatic heterocycles. The van der Waals surface area contributed by atoms with Gasteiger partial charge in [-0.15, -0.1) is 0 Å². The Morgan fingerprint density at radius 3 is 2.76 bits per heavy atom. The highest BCUT2D eigenvalue weighted by Gasteiger charge is 2.33. The molecule has 21 heavy (non-hydrogen) atoms. The Morgan fingerprint density at radius 1 is 1.43 bits per heavy atom. The lowest BCUT2D eigenvalue weighted by atomic mass is 10.0. The number of alkyl halides is 3. The van der Waals surface area contributed by atoms with Crippen molar-refractivity contribution in [2.24, 2.45) is 5.92 Å². The molecule has 0 amide bonds. The van der Waals surface area contributed by atoms with Gasteiger partial charge in [0.2, 0.25) is 0 Å². The van der Waals surface area contributed by atoms with E-state index >= 15 is 0 Å². The molecule has 0 saturated carbocycles. The minimum absolute atomic E-state index is 0.0959. The van der Waals surface area contributed by atoms with Crippen molar-refractivity contribution in [3.63, 3.8) is 0 Å². The van der Waals surface area contributed by atoms with Gasteiger partial charge in [0.25, 0.3) is 5.69 Å². The van der Waals surface area contributed by atoms with Crippen molar-refractivity contribution < 1.29 is 22.8 Å². The summed E-state index contributed by atoms with van der Waals surface area (Å²) in [6, 6.07) is 2.50. The maximum atomic E-state index is 12.6. The molecule has 0 radical (unpaired) electrons. The number of hydrogen-bond acceptors (Lipinski definition) is 4. The Hall–Kier alpha value is -1.83. The van der Waals surface area contributed by atoms with Crippen LogP contribution in [0.5, 0.6) is 0 Å². The topological polar surface area (TPSA) is 64.4 Å². The standard InChI is InChI=1S/C13H15F3N2O3/c14-13(15,16)10-3-4-11(12(6-10)18(19)20)17-7-9-2-1-5-21-8-9/h3-4,6,9,17H,1-2,5,7-8H2. The third-order valence-electron chi connectivity index (χ3n) is 3.36. The Balaban J connectivity index is 2.12. The van der Waals surface area contributed by atoms with E-state index in [0.717, 1.165) is 25.0 Å². The molecule has 1 saturated heterocycles. The summed E-state index contributed by atoms with van der Waals surface area (Å²) in [6.07, 6.45) is -2.75. The number of halogens is 3. The number of hydrogen-bond donors (Lipinski definition) is 1. The molecular weight excluding hydrogens is 289 g/mol. The highest BCUT2D eigenvalue weighted by Crippen LogP contribution is 2.35. The van der Waals surface area contributed by atoms with Crippen LogP contribution < -0.4 is 5.32 Å². The number of ether oxygens (including phenoxy) is 1. The Labute approximate surface area is 119 Å². The SMILES string of the molecule is O=[N+]([O-])c1cc(C(F)(F)F)ccc1NCC1CCCOC1. The molecule has 1 atom stereocenters. The van der Waals surface area contributed by atoms with Crippen LogP contribution in [0.25, 0.3) is 0 Å². The van der Waals surface area contributed by atoms with E-state index in [-0.39, 0.29) is 11.6 Å². The van der Waals surface area contributed by atoms with E-state index in [4.69, 9.17) is 4.74 Å². The average molecular weight is 304 g/mol. The second-order valence-electron chi connectivity index (χ2n) is 4.95. The molecule has 0 spiro atoms. The molecule has 1 fully saturated rings. The van der Waals surface area contributed by atoms with Crippen molar-refractivity contribution in [1.29, 1.82) is 0 Å². The minimum atomic E-state index is -4.60. The fourth-order valence-corrected chi connectivity index (χ4v) is 2.23. The zero-order valence-corrected chi connectivity index (χ0v) is 11.2. The summed E-state index contributed by atoms with van der Waals surface area (Å²) in [5.74, 6) is 0.209. The van der Waals surface area contributed by atoms with Crippen molar-refractivity contribution in [1.82, 2.24) is 0 Å². The lowest BCUT2D eigenvalue weighted by Gasteiger charge is -2.22. The molecule has 0 aromatic heterocycles. The number of rotatable bonds is 4. The van der Waals surface area contributed by atoms with Gasteiger partial charge in [-0.2, -0.15) is 13.2 Å². The van der Waals surface area contributed by atoms with E-state index in [1.807, 2.05) is 0 Å². The number of nitrogens with one attached hydrogen (secondary N) is 1. The number of nitro benzene ring substituents is 1.